The molecule has 0 heterocycles. The van der Waals surface area contributed by atoms with Crippen LogP contribution in [0.2, 0.25) is 0 Å². The highest BCUT2D eigenvalue weighted by Crippen LogP contribution is 2.30. The van der Waals surface area contributed by atoms with Crippen LogP contribution < -0.4 is 5.73 Å². The fourth-order valence-corrected chi connectivity index (χ4v) is 1.99. The molecular weight excluding hydrogens is 193 g/mol. The number of aryl methyl sites for hydroxylation is 1. The predicted molar refractivity (Wildman–Crippen MR) is 56.5 cm³/mol. The lowest BCUT2D eigenvalue weighted by Gasteiger charge is -2.18. The van der Waals surface area contributed by atoms with Gasteiger partial charge in [-0.1, -0.05) is 6.07 Å². The number of benzene rings is 1. The first-order valence-corrected chi connectivity index (χ1v) is 4.95. The third-order valence-corrected chi connectivity index (χ3v) is 2.63. The van der Waals surface area contributed by atoms with Gasteiger partial charge in [0.1, 0.15) is 5.82 Å². The summed E-state index contributed by atoms with van der Waals surface area (Å²) in [4.78, 5) is 10.8. The van der Waals surface area contributed by atoms with E-state index in [0.717, 1.165) is 36.0 Å². The van der Waals surface area contributed by atoms with Crippen molar-refractivity contribution in [1.29, 1.82) is 0 Å². The minimum atomic E-state index is -0.470. The van der Waals surface area contributed by atoms with Gasteiger partial charge < -0.3 is 5.73 Å². The lowest BCUT2D eigenvalue weighted by Crippen LogP contribution is -2.10. The molecule has 0 aromatic heterocycles. The number of carbonyl (C=O) groups is 1. The van der Waals surface area contributed by atoms with Gasteiger partial charge in [0.25, 0.3) is 0 Å². The molecule has 0 bridgehead atoms. The summed E-state index contributed by atoms with van der Waals surface area (Å²) in [6, 6.07) is 4.70. The number of rotatable bonds is 1. The molecular formula is C12H12FNO. The molecule has 0 radical (unpaired) electrons. The van der Waals surface area contributed by atoms with Crippen molar-refractivity contribution in [3.8, 4) is 0 Å². The smallest absolute Gasteiger partial charge is 0.241 e. The lowest BCUT2D eigenvalue weighted by molar-refractivity contribution is -0.113. The molecule has 2 rings (SSSR count). The van der Waals surface area contributed by atoms with Crippen LogP contribution in [0.1, 0.15) is 24.0 Å². The van der Waals surface area contributed by atoms with Crippen molar-refractivity contribution in [3.63, 3.8) is 0 Å². The molecule has 0 saturated heterocycles. The minimum absolute atomic E-state index is 0.272. The van der Waals surface area contributed by atoms with Crippen molar-refractivity contribution in [2.24, 2.45) is 5.73 Å². The van der Waals surface area contributed by atoms with E-state index in [4.69, 9.17) is 5.73 Å². The lowest BCUT2D eigenvalue weighted by atomic mass is 9.87. The second kappa shape index (κ2) is 3.85. The van der Waals surface area contributed by atoms with Gasteiger partial charge >= 0.3 is 0 Å². The number of nitrogens with two attached hydrogens (primary N) is 1. The average Bonchev–Trinajstić information content (AvgIpc) is 2.18. The van der Waals surface area contributed by atoms with E-state index in [2.05, 4.69) is 0 Å². The second-order valence-corrected chi connectivity index (χ2v) is 3.73. The number of hydrogen-bond donors (Lipinski definition) is 1. The Morgan fingerprint density at radius 1 is 1.40 bits per heavy atom. The molecule has 1 aliphatic carbocycles. The predicted octanol–water partition coefficient (Wildman–Crippen LogP) is 2.03. The van der Waals surface area contributed by atoms with Gasteiger partial charge in [-0.25, -0.2) is 4.39 Å². The molecule has 1 aliphatic rings. The first kappa shape index (κ1) is 9.90. The van der Waals surface area contributed by atoms with Crippen molar-refractivity contribution in [1.82, 2.24) is 0 Å². The van der Waals surface area contributed by atoms with Crippen molar-refractivity contribution in [2.45, 2.75) is 19.3 Å². The maximum atomic E-state index is 13.1. The highest BCUT2D eigenvalue weighted by atomic mass is 19.1. The molecule has 78 valence electrons. The minimum Gasteiger partial charge on any atom is -0.366 e. The molecule has 15 heavy (non-hydrogen) atoms. The Morgan fingerprint density at radius 3 is 2.93 bits per heavy atom. The largest absolute Gasteiger partial charge is 0.366 e. The molecule has 0 saturated carbocycles. The molecule has 0 fully saturated rings. The van der Waals surface area contributed by atoms with Gasteiger partial charge in [-0.15, -0.1) is 0 Å². The van der Waals surface area contributed by atoms with Gasteiger partial charge in [0.2, 0.25) is 5.91 Å². The molecule has 2 nitrogen and oxygen atoms in total. The Kier molecular flexibility index (Phi) is 2.54. The standard InChI is InChI=1S/C12H12FNO/c13-10-5-4-8-2-1-3-9(6-12(14)15)11(8)7-10/h4-7H,1-3H2,(H2,14,15). The molecule has 1 aromatic rings. The van der Waals surface area contributed by atoms with Crippen molar-refractivity contribution in [2.75, 3.05) is 0 Å². The molecule has 2 N–H and O–H groups in total. The zero-order chi connectivity index (χ0) is 10.8. The molecule has 0 unspecified atom stereocenters. The summed E-state index contributed by atoms with van der Waals surface area (Å²) >= 11 is 0. The van der Waals surface area contributed by atoms with E-state index in [1.54, 1.807) is 6.07 Å². The Bertz CT molecular complexity index is 437. The summed E-state index contributed by atoms with van der Waals surface area (Å²) in [6.07, 6.45) is 4.11. The zero-order valence-corrected chi connectivity index (χ0v) is 8.29. The number of hydrogen-bond acceptors (Lipinski definition) is 1. The van der Waals surface area contributed by atoms with Crippen molar-refractivity contribution in [3.05, 3.63) is 41.2 Å². The number of fused-ring (bicyclic) bond motifs is 1. The summed E-state index contributed by atoms with van der Waals surface area (Å²) in [5, 5.41) is 0. The average molecular weight is 205 g/mol. The number of halogens is 1. The van der Waals surface area contributed by atoms with Crippen LogP contribution in [0, 0.1) is 5.82 Å². The third-order valence-electron chi connectivity index (χ3n) is 2.63. The highest BCUT2D eigenvalue weighted by molar-refractivity contribution is 5.94. The van der Waals surface area contributed by atoms with Crippen LogP contribution in [0.5, 0.6) is 0 Å². The highest BCUT2D eigenvalue weighted by Gasteiger charge is 2.15. The Hall–Kier alpha value is -1.64. The Morgan fingerprint density at radius 2 is 2.20 bits per heavy atom. The summed E-state index contributed by atoms with van der Waals surface area (Å²) in [5.74, 6) is -0.742. The number of carbonyl (C=O) groups excluding carboxylic acids is 1. The number of amides is 1. The van der Waals surface area contributed by atoms with Crippen LogP contribution in [0.3, 0.4) is 0 Å². The zero-order valence-electron chi connectivity index (χ0n) is 8.29. The molecule has 1 amide bonds. The maximum Gasteiger partial charge on any atom is 0.241 e. The first-order chi connectivity index (χ1) is 7.16. The summed E-state index contributed by atoms with van der Waals surface area (Å²) in [5.41, 5.74) is 7.89. The van der Waals surface area contributed by atoms with Gasteiger partial charge in [0.15, 0.2) is 0 Å². The third kappa shape index (κ3) is 2.06. The van der Waals surface area contributed by atoms with Crippen LogP contribution in [0.15, 0.2) is 24.3 Å². The maximum absolute atomic E-state index is 13.1. The van der Waals surface area contributed by atoms with Crippen LogP contribution in [0.4, 0.5) is 4.39 Å². The van der Waals surface area contributed by atoms with Gasteiger partial charge in [-0.3, -0.25) is 4.79 Å². The first-order valence-electron chi connectivity index (χ1n) is 4.95. The van der Waals surface area contributed by atoms with E-state index in [1.165, 1.54) is 18.2 Å². The summed E-state index contributed by atoms with van der Waals surface area (Å²) in [6.45, 7) is 0. The van der Waals surface area contributed by atoms with Crippen LogP contribution in [0.25, 0.3) is 5.57 Å². The second-order valence-electron chi connectivity index (χ2n) is 3.73. The van der Waals surface area contributed by atoms with E-state index in [0.29, 0.717) is 0 Å². The Labute approximate surface area is 87.6 Å². The molecule has 0 spiro atoms. The van der Waals surface area contributed by atoms with Gasteiger partial charge in [-0.05, 0) is 48.1 Å². The normalized spacial score (nSPS) is 17.5. The molecule has 0 aliphatic heterocycles. The van der Waals surface area contributed by atoms with E-state index >= 15 is 0 Å². The monoisotopic (exact) mass is 205 g/mol. The quantitative estimate of drug-likeness (QED) is 0.700. The van der Waals surface area contributed by atoms with Gasteiger partial charge in [-0.2, -0.15) is 0 Å². The fraction of sp³-hybridized carbons (Fsp3) is 0.250. The summed E-state index contributed by atoms with van der Waals surface area (Å²) < 4.78 is 13.1. The van der Waals surface area contributed by atoms with Crippen LogP contribution >= 0.6 is 0 Å². The topological polar surface area (TPSA) is 43.1 Å². The van der Waals surface area contributed by atoms with Crippen molar-refractivity contribution < 1.29 is 9.18 Å². The van der Waals surface area contributed by atoms with Crippen LogP contribution in [-0.4, -0.2) is 5.91 Å². The van der Waals surface area contributed by atoms with Crippen LogP contribution in [-0.2, 0) is 11.2 Å². The SMILES string of the molecule is NC(=O)C=C1CCCc2ccc(F)cc21. The molecule has 1 aromatic carbocycles. The number of primary amides is 1. The number of allylic oxidation sites excluding steroid dienone is 1. The molecule has 3 heteroatoms. The summed E-state index contributed by atoms with van der Waals surface area (Å²) in [7, 11) is 0. The Balaban J connectivity index is 2.49. The van der Waals surface area contributed by atoms with E-state index in [9.17, 15) is 9.18 Å². The van der Waals surface area contributed by atoms with E-state index in [-0.39, 0.29) is 5.82 Å². The van der Waals surface area contributed by atoms with Crippen molar-refractivity contribution >= 4 is 11.5 Å². The van der Waals surface area contributed by atoms with Gasteiger partial charge in [0.05, 0.1) is 0 Å². The van der Waals surface area contributed by atoms with E-state index < -0.39 is 5.91 Å². The van der Waals surface area contributed by atoms with E-state index in [1.807, 2.05) is 0 Å². The van der Waals surface area contributed by atoms with Gasteiger partial charge in [0, 0.05) is 6.08 Å². The fourth-order valence-electron chi connectivity index (χ4n) is 1.99. The molecule has 0 atom stereocenters.